The third-order valence-corrected chi connectivity index (χ3v) is 6.24. The highest BCUT2D eigenvalue weighted by Crippen LogP contribution is 2.38. The molecule has 0 atom stereocenters. The molecule has 0 spiro atoms. The van der Waals surface area contributed by atoms with Gasteiger partial charge >= 0.3 is 6.18 Å². The van der Waals surface area contributed by atoms with E-state index in [-0.39, 0.29) is 29.1 Å². The summed E-state index contributed by atoms with van der Waals surface area (Å²) in [6, 6.07) is 4.38. The molecule has 12 heteroatoms. The first-order valence-corrected chi connectivity index (χ1v) is 11.7. The Labute approximate surface area is 206 Å². The Hall–Kier alpha value is -3.30. The van der Waals surface area contributed by atoms with Crippen molar-refractivity contribution in [1.82, 2.24) is 29.9 Å². The number of aryl methyl sites for hydroxylation is 1. The first kappa shape index (κ1) is 25.8. The lowest BCUT2D eigenvalue weighted by molar-refractivity contribution is -0.139. The molecular formula is C24H28F3N7O2. The summed E-state index contributed by atoms with van der Waals surface area (Å²) >= 11 is 0. The van der Waals surface area contributed by atoms with Crippen LogP contribution in [-0.4, -0.2) is 66.8 Å². The number of halogens is 3. The second-order valence-electron chi connectivity index (χ2n) is 9.79. The summed E-state index contributed by atoms with van der Waals surface area (Å²) in [7, 11) is 1.62. The number of β-amino-alcohol motifs (C(OH)–C–C–N with tert-alkyl or cyclic N) is 1. The maximum absolute atomic E-state index is 13.9. The molecule has 0 aromatic carbocycles. The van der Waals surface area contributed by atoms with Crippen molar-refractivity contribution in [3.8, 4) is 23.2 Å². The van der Waals surface area contributed by atoms with Gasteiger partial charge in [-0.05, 0) is 64.3 Å². The number of pyridine rings is 2. The molecule has 36 heavy (non-hydrogen) atoms. The van der Waals surface area contributed by atoms with Gasteiger partial charge in [0.15, 0.2) is 5.69 Å². The summed E-state index contributed by atoms with van der Waals surface area (Å²) in [4.78, 5) is 10.3. The summed E-state index contributed by atoms with van der Waals surface area (Å²) in [6.45, 7) is 5.94. The summed E-state index contributed by atoms with van der Waals surface area (Å²) in [6.07, 6.45) is -1.00. The topological polar surface area (TPSA) is 113 Å². The molecule has 0 radical (unpaired) electrons. The van der Waals surface area contributed by atoms with Gasteiger partial charge in [0, 0.05) is 25.4 Å². The normalized spacial score (nSPS) is 15.8. The van der Waals surface area contributed by atoms with Gasteiger partial charge in [0.25, 0.3) is 0 Å². The van der Waals surface area contributed by atoms with Crippen LogP contribution >= 0.6 is 0 Å². The quantitative estimate of drug-likeness (QED) is 0.521. The van der Waals surface area contributed by atoms with E-state index in [0.717, 1.165) is 32.0 Å². The molecule has 0 saturated carbocycles. The number of aliphatic hydroxyl groups is 1. The number of likely N-dealkylation sites (tertiary alicyclic amines) is 1. The molecule has 3 aromatic rings. The molecule has 3 aromatic heterocycles. The van der Waals surface area contributed by atoms with E-state index in [2.05, 4.69) is 25.2 Å². The lowest BCUT2D eigenvalue weighted by atomic mass is 9.93. The van der Waals surface area contributed by atoms with Gasteiger partial charge in [0.2, 0.25) is 5.88 Å². The van der Waals surface area contributed by atoms with Crippen LogP contribution in [0.5, 0.6) is 5.88 Å². The average Bonchev–Trinajstić information content (AvgIpc) is 3.19. The molecule has 9 nitrogen and oxygen atoms in total. The Morgan fingerprint density at radius 1 is 1.22 bits per heavy atom. The highest BCUT2D eigenvalue weighted by Gasteiger charge is 2.36. The fraction of sp³-hybridized carbons (Fsp3) is 0.542. The number of ether oxygens (including phenoxy) is 1. The number of hydrogen-bond donors (Lipinski definition) is 1. The predicted molar refractivity (Wildman–Crippen MR) is 125 cm³/mol. The molecule has 1 saturated heterocycles. The summed E-state index contributed by atoms with van der Waals surface area (Å²) in [5.41, 5.74) is -0.770. The number of rotatable bonds is 7. The SMILES string of the molecule is Cn1nnc2c(C#N)nc(-c3cnc(OCCC4CCN(CC(C)(C)O)CC4)c(C(F)(F)F)c3)cc21. The van der Waals surface area contributed by atoms with Crippen LogP contribution in [0.1, 0.15) is 44.4 Å². The second kappa shape index (κ2) is 9.99. The first-order chi connectivity index (χ1) is 16.9. The van der Waals surface area contributed by atoms with Crippen LogP contribution in [-0.2, 0) is 13.2 Å². The van der Waals surface area contributed by atoms with Crippen molar-refractivity contribution >= 4 is 11.0 Å². The number of fused-ring (bicyclic) bond motifs is 1. The maximum atomic E-state index is 13.9. The number of alkyl halides is 3. The van der Waals surface area contributed by atoms with E-state index < -0.39 is 23.2 Å². The largest absolute Gasteiger partial charge is 0.477 e. The van der Waals surface area contributed by atoms with Crippen molar-refractivity contribution in [1.29, 1.82) is 5.26 Å². The zero-order valence-electron chi connectivity index (χ0n) is 20.4. The van der Waals surface area contributed by atoms with E-state index in [4.69, 9.17) is 4.74 Å². The number of hydrogen-bond acceptors (Lipinski definition) is 8. The Bertz CT molecular complexity index is 1270. The van der Waals surface area contributed by atoms with Crippen molar-refractivity contribution in [2.75, 3.05) is 26.2 Å². The average molecular weight is 504 g/mol. The number of nitrogens with zero attached hydrogens (tertiary/aromatic N) is 7. The van der Waals surface area contributed by atoms with Crippen molar-refractivity contribution in [2.45, 2.75) is 44.9 Å². The number of piperidine rings is 1. The van der Waals surface area contributed by atoms with Crippen LogP contribution in [0.15, 0.2) is 18.3 Å². The van der Waals surface area contributed by atoms with Gasteiger partial charge < -0.3 is 14.7 Å². The van der Waals surface area contributed by atoms with Crippen LogP contribution in [0.2, 0.25) is 0 Å². The highest BCUT2D eigenvalue weighted by atomic mass is 19.4. The zero-order valence-corrected chi connectivity index (χ0v) is 20.4. The number of nitriles is 1. The van der Waals surface area contributed by atoms with Gasteiger partial charge in [-0.3, -0.25) is 0 Å². The van der Waals surface area contributed by atoms with Crippen molar-refractivity contribution in [3.05, 3.63) is 29.6 Å². The molecule has 1 N–H and O–H groups in total. The molecule has 4 rings (SSSR count). The fourth-order valence-electron chi connectivity index (χ4n) is 4.47. The summed E-state index contributed by atoms with van der Waals surface area (Å²) in [5.74, 6) is -0.140. The second-order valence-corrected chi connectivity index (χ2v) is 9.79. The zero-order chi connectivity index (χ0) is 26.1. The minimum absolute atomic E-state index is 0.0296. The van der Waals surface area contributed by atoms with Crippen LogP contribution < -0.4 is 4.74 Å². The molecule has 0 bridgehead atoms. The summed E-state index contributed by atoms with van der Waals surface area (Å²) in [5, 5.41) is 27.1. The summed E-state index contributed by atoms with van der Waals surface area (Å²) < 4.78 is 48.6. The van der Waals surface area contributed by atoms with Gasteiger partial charge in [0.05, 0.1) is 23.4 Å². The van der Waals surface area contributed by atoms with Crippen LogP contribution in [0, 0.1) is 17.2 Å². The standard InChI is InChI=1S/C24H28F3N7O2/c1-23(2,35)14-34-7-4-15(5-8-34)6-9-36-22-17(24(25,26)27)10-16(13-29-22)18-11-20-21(19(12-28)30-18)31-32-33(20)3/h10-11,13,15,35H,4-9,14H2,1-3H3. The molecule has 1 aliphatic heterocycles. The van der Waals surface area contributed by atoms with E-state index in [0.29, 0.717) is 24.4 Å². The van der Waals surface area contributed by atoms with Crippen molar-refractivity contribution in [3.63, 3.8) is 0 Å². The Kier molecular flexibility index (Phi) is 7.15. The lowest BCUT2D eigenvalue weighted by Gasteiger charge is -2.35. The Morgan fingerprint density at radius 2 is 1.94 bits per heavy atom. The van der Waals surface area contributed by atoms with E-state index in [1.165, 1.54) is 16.9 Å². The highest BCUT2D eigenvalue weighted by molar-refractivity contribution is 5.83. The molecular weight excluding hydrogens is 475 g/mol. The van der Waals surface area contributed by atoms with Gasteiger partial charge in [-0.25, -0.2) is 14.6 Å². The van der Waals surface area contributed by atoms with Crippen molar-refractivity contribution in [2.24, 2.45) is 13.0 Å². The Balaban J connectivity index is 1.47. The van der Waals surface area contributed by atoms with Crippen LogP contribution in [0.4, 0.5) is 13.2 Å². The third-order valence-electron chi connectivity index (χ3n) is 6.24. The molecule has 0 aliphatic carbocycles. The van der Waals surface area contributed by atoms with E-state index >= 15 is 0 Å². The molecule has 192 valence electrons. The molecule has 4 heterocycles. The van der Waals surface area contributed by atoms with Gasteiger partial charge in [-0.2, -0.15) is 18.4 Å². The van der Waals surface area contributed by atoms with Crippen LogP contribution in [0.25, 0.3) is 22.3 Å². The van der Waals surface area contributed by atoms with Gasteiger partial charge in [0.1, 0.15) is 17.1 Å². The Morgan fingerprint density at radius 3 is 2.58 bits per heavy atom. The minimum Gasteiger partial charge on any atom is -0.477 e. The third kappa shape index (κ3) is 5.91. The van der Waals surface area contributed by atoms with E-state index in [9.17, 15) is 23.5 Å². The maximum Gasteiger partial charge on any atom is 0.421 e. The molecule has 1 aliphatic rings. The smallest absolute Gasteiger partial charge is 0.421 e. The fourth-order valence-corrected chi connectivity index (χ4v) is 4.47. The monoisotopic (exact) mass is 503 g/mol. The van der Waals surface area contributed by atoms with Crippen molar-refractivity contribution < 1.29 is 23.0 Å². The van der Waals surface area contributed by atoms with Gasteiger partial charge in [-0.15, -0.1) is 5.10 Å². The molecule has 1 fully saturated rings. The van der Waals surface area contributed by atoms with Crippen LogP contribution in [0.3, 0.4) is 0 Å². The van der Waals surface area contributed by atoms with Gasteiger partial charge in [-0.1, -0.05) is 5.21 Å². The van der Waals surface area contributed by atoms with E-state index in [1.54, 1.807) is 20.9 Å². The predicted octanol–water partition coefficient (Wildman–Crippen LogP) is 3.57. The molecule has 0 amide bonds. The van der Waals surface area contributed by atoms with E-state index in [1.807, 2.05) is 6.07 Å². The number of aromatic nitrogens is 5. The first-order valence-electron chi connectivity index (χ1n) is 11.7. The molecule has 0 unspecified atom stereocenters. The minimum atomic E-state index is -4.68. The lowest BCUT2D eigenvalue weighted by Crippen LogP contribution is -2.43.